The summed E-state index contributed by atoms with van der Waals surface area (Å²) in [5, 5.41) is 0. The van der Waals surface area contributed by atoms with E-state index in [-0.39, 0.29) is 0 Å². The summed E-state index contributed by atoms with van der Waals surface area (Å²) in [6, 6.07) is 0. The minimum absolute atomic E-state index is 0.533. The van der Waals surface area contributed by atoms with E-state index < -0.39 is 24.0 Å². The van der Waals surface area contributed by atoms with Crippen molar-refractivity contribution < 1.29 is 35.4 Å². The monoisotopic (exact) mass is 570 g/mol. The Morgan fingerprint density at radius 2 is 0.611 bits per heavy atom. The minimum atomic E-state index is -3.42. The lowest BCUT2D eigenvalue weighted by Gasteiger charge is -2.35. The van der Waals surface area contributed by atoms with Crippen LogP contribution < -0.4 is 0 Å². The van der Waals surface area contributed by atoms with Crippen LogP contribution in [-0.4, -0.2) is 73.9 Å². The molecule has 0 heterocycles. The molecule has 0 saturated heterocycles. The third kappa shape index (κ3) is 17.8. The van der Waals surface area contributed by atoms with Gasteiger partial charge in [-0.1, -0.05) is 80.1 Å². The molecule has 0 saturated carbocycles. The third-order valence-corrected chi connectivity index (χ3v) is 11.3. The largest absolute Gasteiger partial charge is 0.681 e. The summed E-state index contributed by atoms with van der Waals surface area (Å²) in [7, 11) is -6.29. The Kier molecular flexibility index (Phi) is 24.6. The number of unbranched alkanes of at least 4 members (excludes halogenated alkanes) is 6. The molecule has 0 spiro atoms. The van der Waals surface area contributed by atoms with Crippen LogP contribution in [0.4, 0.5) is 0 Å². The van der Waals surface area contributed by atoms with Crippen LogP contribution in [0.3, 0.4) is 0 Å². The van der Waals surface area contributed by atoms with E-state index in [0.717, 1.165) is 77.0 Å². The van der Waals surface area contributed by atoms with Crippen molar-refractivity contribution in [2.24, 2.45) is 0 Å². The zero-order chi connectivity index (χ0) is 27.0. The lowest BCUT2D eigenvalue weighted by atomic mass is 10.4. The van der Waals surface area contributed by atoms with Crippen LogP contribution in [0.15, 0.2) is 0 Å². The fraction of sp³-hybridized carbons (Fsp3) is 1.00. The minimum Gasteiger partial charge on any atom is -0.351 e. The average Bonchev–Trinajstić information content (AvgIpc) is 2.85. The summed E-state index contributed by atoms with van der Waals surface area (Å²) in [6.07, 6.45) is 11.6. The van der Waals surface area contributed by atoms with Crippen molar-refractivity contribution in [3.63, 3.8) is 0 Å². The molecule has 0 rings (SSSR count). The van der Waals surface area contributed by atoms with Crippen LogP contribution in [0.25, 0.3) is 0 Å². The summed E-state index contributed by atoms with van der Waals surface area (Å²) in [5.41, 5.74) is 0. The Bertz CT molecular complexity index is 384. The van der Waals surface area contributed by atoms with Crippen molar-refractivity contribution in [3.8, 4) is 0 Å². The van der Waals surface area contributed by atoms with Gasteiger partial charge in [0.15, 0.2) is 0 Å². The van der Waals surface area contributed by atoms with Crippen LogP contribution in [-0.2, 0) is 35.4 Å². The first-order chi connectivity index (χ1) is 17.5. The molecule has 0 radical (unpaired) electrons. The Hall–Kier alpha value is 0.331. The van der Waals surface area contributed by atoms with Crippen molar-refractivity contribution in [1.82, 2.24) is 0 Å². The van der Waals surface area contributed by atoms with E-state index in [0.29, 0.717) is 49.9 Å². The summed E-state index contributed by atoms with van der Waals surface area (Å²) in [6.45, 7) is 16.0. The second-order valence-corrected chi connectivity index (χ2v) is 14.2. The second kappa shape index (κ2) is 24.4. The van der Waals surface area contributed by atoms with E-state index in [1.54, 1.807) is 0 Å². The Morgan fingerprint density at radius 1 is 0.417 bits per heavy atom. The molecule has 0 amide bonds. The van der Waals surface area contributed by atoms with E-state index >= 15 is 0 Å². The van der Waals surface area contributed by atoms with Crippen molar-refractivity contribution in [2.75, 3.05) is 39.6 Å². The maximum Gasteiger partial charge on any atom is 0.681 e. The van der Waals surface area contributed by atoms with Gasteiger partial charge in [0.2, 0.25) is 0 Å². The topological polar surface area (TPSA) is 73.8 Å². The predicted octanol–water partition coefficient (Wildman–Crippen LogP) is 5.44. The maximum atomic E-state index is 6.46. The molecule has 0 aliphatic heterocycles. The van der Waals surface area contributed by atoms with Crippen molar-refractivity contribution in [1.29, 1.82) is 0 Å². The molecule has 0 atom stereocenters. The molecule has 218 valence electrons. The first-order valence-electron chi connectivity index (χ1n) is 14.7. The van der Waals surface area contributed by atoms with Gasteiger partial charge in [0, 0.05) is 39.6 Å². The molecule has 0 unspecified atom stereocenters. The van der Waals surface area contributed by atoms with Gasteiger partial charge in [-0.2, -0.15) is 0 Å². The summed E-state index contributed by atoms with van der Waals surface area (Å²) < 4.78 is 50.4. The molecule has 0 aromatic heterocycles. The summed E-state index contributed by atoms with van der Waals surface area (Å²) in [4.78, 5) is 0. The SMILES string of the molecule is CCCCO[Si](OCCCC)(OCCCC)OC([SiH3])O[Si](OCCCC)(OCCCC)OCCCC. The van der Waals surface area contributed by atoms with Crippen LogP contribution in [0.2, 0.25) is 0 Å². The smallest absolute Gasteiger partial charge is 0.351 e. The molecule has 0 aliphatic carbocycles. The highest BCUT2D eigenvalue weighted by atomic mass is 28.4. The standard InChI is InChI=1S/C25H58O8Si3/c1-7-13-19-26-35(27-20-14-8-2,28-21-15-9-3)32-25(34)33-36(29-22-16-10-4,30-23-17-11-5)31-24-18-12-6/h25H,7-24H2,1-6,34H3. The van der Waals surface area contributed by atoms with Crippen LogP contribution in [0.5, 0.6) is 0 Å². The normalized spacial score (nSPS) is 12.8. The summed E-state index contributed by atoms with van der Waals surface area (Å²) >= 11 is 0. The van der Waals surface area contributed by atoms with Crippen molar-refractivity contribution in [2.45, 2.75) is 125 Å². The van der Waals surface area contributed by atoms with Gasteiger partial charge in [0.25, 0.3) is 0 Å². The molecular weight excluding hydrogens is 513 g/mol. The van der Waals surface area contributed by atoms with Gasteiger partial charge in [-0.15, -0.1) is 0 Å². The molecule has 0 aromatic rings. The lowest BCUT2D eigenvalue weighted by molar-refractivity contribution is -0.125. The molecule has 11 heteroatoms. The van der Waals surface area contributed by atoms with E-state index in [9.17, 15) is 0 Å². The van der Waals surface area contributed by atoms with Crippen LogP contribution in [0, 0.1) is 0 Å². The zero-order valence-corrected chi connectivity index (χ0v) is 28.6. The van der Waals surface area contributed by atoms with Crippen molar-refractivity contribution >= 4 is 28.3 Å². The second-order valence-electron chi connectivity index (χ2n) is 9.02. The van der Waals surface area contributed by atoms with Gasteiger partial charge in [0.1, 0.15) is 5.91 Å². The molecule has 0 fully saturated rings. The highest BCUT2D eigenvalue weighted by molar-refractivity contribution is 6.55. The zero-order valence-electron chi connectivity index (χ0n) is 24.6. The van der Waals surface area contributed by atoms with E-state index in [4.69, 9.17) is 35.4 Å². The molecule has 36 heavy (non-hydrogen) atoms. The fourth-order valence-corrected chi connectivity index (χ4v) is 8.95. The lowest BCUT2D eigenvalue weighted by Crippen LogP contribution is -2.57. The van der Waals surface area contributed by atoms with Gasteiger partial charge in [0.05, 0.1) is 10.2 Å². The molecule has 0 aromatic carbocycles. The van der Waals surface area contributed by atoms with Gasteiger partial charge in [-0.3, -0.25) is 0 Å². The molecular formula is C25H58O8Si3. The quantitative estimate of drug-likeness (QED) is 0.0699. The van der Waals surface area contributed by atoms with Crippen LogP contribution in [0.1, 0.15) is 119 Å². The highest BCUT2D eigenvalue weighted by Crippen LogP contribution is 2.22. The Labute approximate surface area is 227 Å². The number of hydrogen-bond donors (Lipinski definition) is 0. The van der Waals surface area contributed by atoms with E-state index in [2.05, 4.69) is 41.5 Å². The molecule has 8 nitrogen and oxygen atoms in total. The summed E-state index contributed by atoms with van der Waals surface area (Å²) in [5.74, 6) is -0.599. The van der Waals surface area contributed by atoms with Gasteiger partial charge in [-0.05, 0) is 38.5 Å². The molecule has 0 N–H and O–H groups in total. The highest BCUT2D eigenvalue weighted by Gasteiger charge is 2.52. The van der Waals surface area contributed by atoms with Gasteiger partial charge >= 0.3 is 18.1 Å². The van der Waals surface area contributed by atoms with Gasteiger partial charge in [-0.25, -0.2) is 0 Å². The average molecular weight is 571 g/mol. The van der Waals surface area contributed by atoms with E-state index in [1.165, 1.54) is 0 Å². The van der Waals surface area contributed by atoms with E-state index in [1.807, 2.05) is 0 Å². The Morgan fingerprint density at radius 3 is 0.778 bits per heavy atom. The molecule has 0 bridgehead atoms. The van der Waals surface area contributed by atoms with Crippen LogP contribution >= 0.6 is 0 Å². The third-order valence-electron chi connectivity index (χ3n) is 5.28. The first-order valence-corrected chi connectivity index (χ1v) is 19.1. The number of rotatable bonds is 28. The van der Waals surface area contributed by atoms with Crippen molar-refractivity contribution in [3.05, 3.63) is 0 Å². The molecule has 0 aliphatic rings. The fourth-order valence-electron chi connectivity index (χ4n) is 2.93. The first kappa shape index (κ1) is 36.3. The number of hydrogen-bond acceptors (Lipinski definition) is 8. The Balaban J connectivity index is 5.73. The maximum absolute atomic E-state index is 6.46. The van der Waals surface area contributed by atoms with Gasteiger partial charge < -0.3 is 35.4 Å². The predicted molar refractivity (Wildman–Crippen MR) is 153 cm³/mol.